The molecule has 0 spiro atoms. The topological polar surface area (TPSA) is 71.8 Å². The summed E-state index contributed by atoms with van der Waals surface area (Å²) in [7, 11) is 0. The van der Waals surface area contributed by atoms with E-state index in [1.165, 1.54) is 6.33 Å². The van der Waals surface area contributed by atoms with E-state index in [0.29, 0.717) is 0 Å². The number of H-pyrrole nitrogens is 1. The molecule has 3 aromatic heterocycles. The van der Waals surface area contributed by atoms with Crippen LogP contribution in [0.4, 0.5) is 0 Å². The molecule has 0 fully saturated rings. The predicted molar refractivity (Wildman–Crippen MR) is 49.4 cm³/mol. The summed E-state index contributed by atoms with van der Waals surface area (Å²) in [5, 5.41) is 12.2. The van der Waals surface area contributed by atoms with Gasteiger partial charge in [-0.25, -0.2) is 4.98 Å². The van der Waals surface area contributed by atoms with Crippen molar-refractivity contribution >= 4 is 5.65 Å². The summed E-state index contributed by atoms with van der Waals surface area (Å²) in [6.45, 7) is 0. The van der Waals surface area contributed by atoms with Gasteiger partial charge in [0.05, 0.1) is 0 Å². The number of hydrogen-bond acceptors (Lipinski definition) is 4. The lowest BCUT2D eigenvalue weighted by Gasteiger charge is -1.86. The minimum atomic E-state index is 0.998. The van der Waals surface area contributed by atoms with Gasteiger partial charge in [-0.2, -0.15) is 5.21 Å². The molecule has 0 aliphatic carbocycles. The van der Waals surface area contributed by atoms with Gasteiger partial charge in [0, 0.05) is 18.6 Å². The van der Waals surface area contributed by atoms with Crippen LogP contribution in [0.5, 0.6) is 0 Å². The highest BCUT2D eigenvalue weighted by molar-refractivity contribution is 5.36. The second-order valence-electron chi connectivity index (χ2n) is 2.45. The molecule has 3 heterocycles. The van der Waals surface area contributed by atoms with Crippen LogP contribution in [0.25, 0.3) is 5.65 Å². The molecule has 0 bridgehead atoms. The molecule has 70 valence electrons. The van der Waals surface area contributed by atoms with Gasteiger partial charge >= 0.3 is 0 Å². The zero-order valence-electron chi connectivity index (χ0n) is 7.28. The molecule has 0 aromatic carbocycles. The number of aromatic nitrogens is 6. The molecule has 14 heavy (non-hydrogen) atoms. The van der Waals surface area contributed by atoms with Crippen LogP contribution in [0.3, 0.4) is 0 Å². The fourth-order valence-electron chi connectivity index (χ4n) is 0.993. The maximum atomic E-state index is 4.08. The molecule has 0 saturated carbocycles. The van der Waals surface area contributed by atoms with Crippen molar-refractivity contribution in [3.05, 3.63) is 43.1 Å². The number of fused-ring (bicyclic) bond motifs is 1. The highest BCUT2D eigenvalue weighted by Crippen LogP contribution is 1.96. The van der Waals surface area contributed by atoms with Crippen LogP contribution in [-0.2, 0) is 0 Å². The molecule has 3 rings (SSSR count). The number of rotatable bonds is 0. The summed E-state index contributed by atoms with van der Waals surface area (Å²) >= 11 is 0. The van der Waals surface area contributed by atoms with Crippen LogP contribution >= 0.6 is 0 Å². The van der Waals surface area contributed by atoms with Crippen molar-refractivity contribution in [2.75, 3.05) is 0 Å². The van der Waals surface area contributed by atoms with Crippen molar-refractivity contribution in [3.8, 4) is 0 Å². The lowest BCUT2D eigenvalue weighted by atomic mass is 10.5. The number of hydrogen-bond donors (Lipinski definition) is 1. The van der Waals surface area contributed by atoms with E-state index in [2.05, 4.69) is 25.6 Å². The minimum Gasteiger partial charge on any atom is -0.307 e. The molecule has 6 nitrogen and oxygen atoms in total. The van der Waals surface area contributed by atoms with Crippen molar-refractivity contribution in [3.63, 3.8) is 0 Å². The molecule has 0 aliphatic rings. The van der Waals surface area contributed by atoms with Gasteiger partial charge in [0.2, 0.25) is 0 Å². The van der Waals surface area contributed by atoms with Crippen molar-refractivity contribution in [1.82, 2.24) is 30.0 Å². The monoisotopic (exact) mass is 188 g/mol. The Morgan fingerprint density at radius 3 is 2.86 bits per heavy atom. The summed E-state index contributed by atoms with van der Waals surface area (Å²) in [6, 6.07) is 5.93. The zero-order chi connectivity index (χ0) is 9.64. The third-order valence-corrected chi connectivity index (χ3v) is 1.57. The van der Waals surface area contributed by atoms with E-state index in [-0.39, 0.29) is 0 Å². The Morgan fingerprint density at radius 1 is 1.21 bits per heavy atom. The predicted octanol–water partition coefficient (Wildman–Crippen LogP) is 0.534. The van der Waals surface area contributed by atoms with Crippen molar-refractivity contribution < 1.29 is 0 Å². The molecular formula is C8H8N6. The van der Waals surface area contributed by atoms with E-state index < -0.39 is 0 Å². The number of nitrogens with zero attached hydrogens (tertiary/aromatic N) is 5. The van der Waals surface area contributed by atoms with Gasteiger partial charge in [-0.05, 0) is 12.1 Å². The second-order valence-corrected chi connectivity index (χ2v) is 2.45. The molecule has 0 atom stereocenters. The van der Waals surface area contributed by atoms with Crippen LogP contribution in [0, 0.1) is 0 Å². The Morgan fingerprint density at radius 2 is 2.21 bits per heavy atom. The first-order valence-corrected chi connectivity index (χ1v) is 4.01. The van der Waals surface area contributed by atoms with Crippen molar-refractivity contribution in [1.29, 1.82) is 0 Å². The SMILES string of the molecule is c1ccn2ccnc2c1.c1nn[nH]n1. The van der Waals surface area contributed by atoms with Gasteiger partial charge in [-0.15, -0.1) is 10.2 Å². The Balaban J connectivity index is 0.000000128. The molecular weight excluding hydrogens is 180 g/mol. The quantitative estimate of drug-likeness (QED) is 0.558. The highest BCUT2D eigenvalue weighted by Gasteiger charge is 1.85. The van der Waals surface area contributed by atoms with E-state index in [9.17, 15) is 0 Å². The number of tetrazole rings is 1. The molecule has 3 aromatic rings. The Labute approximate surface area is 79.6 Å². The van der Waals surface area contributed by atoms with Crippen LogP contribution in [-0.4, -0.2) is 30.0 Å². The average Bonchev–Trinajstić information content (AvgIpc) is 2.92. The Kier molecular flexibility index (Phi) is 2.46. The highest BCUT2D eigenvalue weighted by atomic mass is 15.5. The molecule has 0 amide bonds. The normalized spacial score (nSPS) is 9.43. The molecule has 0 aliphatic heterocycles. The maximum Gasteiger partial charge on any atom is 0.161 e. The average molecular weight is 188 g/mol. The van der Waals surface area contributed by atoms with Gasteiger partial charge < -0.3 is 4.40 Å². The van der Waals surface area contributed by atoms with Crippen LogP contribution in [0.2, 0.25) is 0 Å². The van der Waals surface area contributed by atoms with E-state index in [1.54, 1.807) is 6.20 Å². The number of pyridine rings is 1. The van der Waals surface area contributed by atoms with Gasteiger partial charge in [-0.1, -0.05) is 11.3 Å². The second kappa shape index (κ2) is 4.13. The van der Waals surface area contributed by atoms with Crippen LogP contribution in [0.1, 0.15) is 0 Å². The fraction of sp³-hybridized carbons (Fsp3) is 0. The van der Waals surface area contributed by atoms with E-state index in [4.69, 9.17) is 0 Å². The Bertz CT molecular complexity index is 424. The summed E-state index contributed by atoms with van der Waals surface area (Å²) < 4.78 is 1.97. The third kappa shape index (κ3) is 1.92. The van der Waals surface area contributed by atoms with E-state index >= 15 is 0 Å². The van der Waals surface area contributed by atoms with E-state index in [0.717, 1.165) is 5.65 Å². The van der Waals surface area contributed by atoms with Crippen LogP contribution < -0.4 is 0 Å². The number of imidazole rings is 1. The smallest absolute Gasteiger partial charge is 0.161 e. The first-order chi connectivity index (χ1) is 6.97. The lowest BCUT2D eigenvalue weighted by molar-refractivity contribution is 0.881. The summed E-state index contributed by atoms with van der Waals surface area (Å²) in [6.07, 6.45) is 7.02. The van der Waals surface area contributed by atoms with Gasteiger partial charge in [0.1, 0.15) is 5.65 Å². The largest absolute Gasteiger partial charge is 0.307 e. The third-order valence-electron chi connectivity index (χ3n) is 1.57. The summed E-state index contributed by atoms with van der Waals surface area (Å²) in [5.41, 5.74) is 0.998. The minimum absolute atomic E-state index is 0.998. The molecule has 0 saturated heterocycles. The maximum absolute atomic E-state index is 4.08. The molecule has 6 heteroatoms. The molecule has 0 unspecified atom stereocenters. The van der Waals surface area contributed by atoms with Gasteiger partial charge in [0.15, 0.2) is 6.33 Å². The number of nitrogens with one attached hydrogen (secondary N) is 1. The Hall–Kier alpha value is -2.24. The first-order valence-electron chi connectivity index (χ1n) is 4.01. The number of aromatic amines is 1. The van der Waals surface area contributed by atoms with Crippen molar-refractivity contribution in [2.24, 2.45) is 0 Å². The summed E-state index contributed by atoms with van der Waals surface area (Å²) in [5.74, 6) is 0. The summed E-state index contributed by atoms with van der Waals surface area (Å²) in [4.78, 5) is 4.08. The van der Waals surface area contributed by atoms with Gasteiger partial charge in [-0.3, -0.25) is 0 Å². The van der Waals surface area contributed by atoms with Gasteiger partial charge in [0.25, 0.3) is 0 Å². The van der Waals surface area contributed by atoms with Crippen LogP contribution in [0.15, 0.2) is 43.1 Å². The standard InChI is InChI=1S/C7H6N2.CH2N4/c1-2-5-9-6-4-8-7(9)3-1;1-2-4-5-3-1/h1-6H;1H,(H,2,3,4,5). The zero-order valence-corrected chi connectivity index (χ0v) is 7.28. The molecule has 1 N–H and O–H groups in total. The fourth-order valence-corrected chi connectivity index (χ4v) is 0.993. The first kappa shape index (κ1) is 8.36. The lowest BCUT2D eigenvalue weighted by Crippen LogP contribution is -1.77. The molecule has 0 radical (unpaired) electrons. The van der Waals surface area contributed by atoms with Crippen molar-refractivity contribution in [2.45, 2.75) is 0 Å². The van der Waals surface area contributed by atoms with E-state index in [1.807, 2.05) is 35.0 Å².